The van der Waals surface area contributed by atoms with E-state index < -0.39 is 0 Å². The molecule has 4 nitrogen and oxygen atoms in total. The lowest BCUT2D eigenvalue weighted by Crippen LogP contribution is -2.23. The lowest BCUT2D eigenvalue weighted by atomic mass is 9.98. The van der Waals surface area contributed by atoms with Gasteiger partial charge in [-0.05, 0) is 41.7 Å². The number of carbonyl (C=O) groups excluding carboxylic acids is 1. The van der Waals surface area contributed by atoms with Crippen LogP contribution in [0.1, 0.15) is 31.4 Å². The molecule has 4 heteroatoms. The predicted octanol–water partition coefficient (Wildman–Crippen LogP) is 4.72. The first kappa shape index (κ1) is 20.2. The van der Waals surface area contributed by atoms with Gasteiger partial charge >= 0.3 is 5.97 Å². The number of benzene rings is 2. The van der Waals surface area contributed by atoms with Gasteiger partial charge < -0.3 is 14.2 Å². The summed E-state index contributed by atoms with van der Waals surface area (Å²) in [7, 11) is 1.63. The molecule has 1 aliphatic carbocycles. The van der Waals surface area contributed by atoms with Crippen LogP contribution >= 0.6 is 0 Å². The van der Waals surface area contributed by atoms with Crippen LogP contribution in [0, 0.1) is 5.41 Å². The van der Waals surface area contributed by atoms with Crippen molar-refractivity contribution in [3.8, 4) is 5.75 Å². The quantitative estimate of drug-likeness (QED) is 0.442. The molecule has 0 heterocycles. The topological polar surface area (TPSA) is 44.8 Å². The monoisotopic (exact) mass is 380 g/mol. The molecule has 0 saturated heterocycles. The van der Waals surface area contributed by atoms with E-state index in [1.807, 2.05) is 42.5 Å². The van der Waals surface area contributed by atoms with Gasteiger partial charge in [-0.15, -0.1) is 0 Å². The Kier molecular flexibility index (Phi) is 6.53. The van der Waals surface area contributed by atoms with E-state index in [-0.39, 0.29) is 24.1 Å². The van der Waals surface area contributed by atoms with Crippen LogP contribution in [0.5, 0.6) is 5.75 Å². The minimum absolute atomic E-state index is 0.0472. The van der Waals surface area contributed by atoms with Gasteiger partial charge in [0, 0.05) is 5.41 Å². The average molecular weight is 380 g/mol. The van der Waals surface area contributed by atoms with Crippen LogP contribution in [0.4, 0.5) is 0 Å². The first-order valence-corrected chi connectivity index (χ1v) is 9.65. The van der Waals surface area contributed by atoms with E-state index >= 15 is 0 Å². The fraction of sp³-hybridized carbons (Fsp3) is 0.375. The standard InChI is InChI=1S/C24H28O4/c1-24(2)15-21(24)22(14-11-18-7-5-4-6-8-18)28-23(25)17-27-16-19-9-12-20(26-3)13-10-19/h4-10,12-13,15,22H,11,14,16-17H2,1-3H3. The lowest BCUT2D eigenvalue weighted by Gasteiger charge is -2.19. The molecular weight excluding hydrogens is 352 g/mol. The van der Waals surface area contributed by atoms with Gasteiger partial charge in [-0.25, -0.2) is 4.79 Å². The molecule has 1 unspecified atom stereocenters. The fourth-order valence-corrected chi connectivity index (χ4v) is 3.25. The van der Waals surface area contributed by atoms with Gasteiger partial charge in [0.05, 0.1) is 13.7 Å². The Morgan fingerprint density at radius 2 is 1.68 bits per heavy atom. The third kappa shape index (κ3) is 5.70. The zero-order valence-corrected chi connectivity index (χ0v) is 16.8. The Morgan fingerprint density at radius 1 is 1.00 bits per heavy atom. The second-order valence-corrected chi connectivity index (χ2v) is 7.67. The zero-order valence-electron chi connectivity index (χ0n) is 16.8. The molecule has 0 bridgehead atoms. The average Bonchev–Trinajstić information content (AvgIpc) is 3.34. The van der Waals surface area contributed by atoms with E-state index in [9.17, 15) is 4.79 Å². The molecule has 28 heavy (non-hydrogen) atoms. The lowest BCUT2D eigenvalue weighted by molar-refractivity contribution is -0.153. The van der Waals surface area contributed by atoms with Crippen molar-refractivity contribution in [2.24, 2.45) is 5.41 Å². The highest BCUT2D eigenvalue weighted by Gasteiger charge is 2.40. The number of carbonyl (C=O) groups is 1. The summed E-state index contributed by atoms with van der Waals surface area (Å²) in [6.07, 6.45) is 3.64. The SMILES string of the molecule is COc1ccc(COCC(=O)OC(CCc2ccccc2)C2=CC2(C)C)cc1. The van der Waals surface area contributed by atoms with Crippen molar-refractivity contribution in [3.63, 3.8) is 0 Å². The molecule has 2 aromatic rings. The van der Waals surface area contributed by atoms with Crippen LogP contribution < -0.4 is 4.74 Å². The molecule has 3 rings (SSSR count). The van der Waals surface area contributed by atoms with E-state index in [0.717, 1.165) is 24.2 Å². The Labute approximate surface area is 167 Å². The highest BCUT2D eigenvalue weighted by atomic mass is 16.6. The molecule has 148 valence electrons. The van der Waals surface area contributed by atoms with Crippen molar-refractivity contribution in [3.05, 3.63) is 77.4 Å². The summed E-state index contributed by atoms with van der Waals surface area (Å²) >= 11 is 0. The van der Waals surface area contributed by atoms with Gasteiger partial charge in [-0.3, -0.25) is 0 Å². The highest BCUT2D eigenvalue weighted by molar-refractivity contribution is 5.71. The van der Waals surface area contributed by atoms with Crippen LogP contribution in [0.3, 0.4) is 0 Å². The number of hydrogen-bond donors (Lipinski definition) is 0. The first-order valence-electron chi connectivity index (χ1n) is 9.65. The smallest absolute Gasteiger partial charge is 0.332 e. The summed E-state index contributed by atoms with van der Waals surface area (Å²) in [6.45, 7) is 4.60. The normalized spacial score (nSPS) is 15.5. The van der Waals surface area contributed by atoms with Gasteiger partial charge in [0.1, 0.15) is 18.5 Å². The molecule has 0 aromatic heterocycles. The van der Waals surface area contributed by atoms with Crippen molar-refractivity contribution in [1.29, 1.82) is 0 Å². The second kappa shape index (κ2) is 9.07. The summed E-state index contributed by atoms with van der Waals surface area (Å²) in [5, 5.41) is 0. The fourth-order valence-electron chi connectivity index (χ4n) is 3.25. The molecule has 0 radical (unpaired) electrons. The third-order valence-electron chi connectivity index (χ3n) is 4.98. The number of aryl methyl sites for hydroxylation is 1. The summed E-state index contributed by atoms with van der Waals surface area (Å²) < 4.78 is 16.4. The van der Waals surface area contributed by atoms with Gasteiger partial charge in [0.2, 0.25) is 0 Å². The van der Waals surface area contributed by atoms with E-state index in [2.05, 4.69) is 32.1 Å². The molecule has 0 fully saturated rings. The van der Waals surface area contributed by atoms with Crippen LogP contribution in [0.15, 0.2) is 66.2 Å². The number of hydrogen-bond acceptors (Lipinski definition) is 4. The first-order chi connectivity index (χ1) is 13.5. The van der Waals surface area contributed by atoms with Crippen molar-refractivity contribution in [2.45, 2.75) is 39.4 Å². The molecule has 0 amide bonds. The third-order valence-corrected chi connectivity index (χ3v) is 4.98. The minimum atomic E-state index is -0.324. The summed E-state index contributed by atoms with van der Waals surface area (Å²) in [4.78, 5) is 12.3. The molecule has 0 saturated carbocycles. The molecule has 0 aliphatic heterocycles. The van der Waals surface area contributed by atoms with Gasteiger partial charge in [-0.2, -0.15) is 0 Å². The molecule has 0 spiro atoms. The minimum Gasteiger partial charge on any atom is -0.497 e. The van der Waals surface area contributed by atoms with Crippen LogP contribution in [-0.4, -0.2) is 25.8 Å². The zero-order chi connectivity index (χ0) is 20.0. The van der Waals surface area contributed by atoms with Crippen LogP contribution in [0.25, 0.3) is 0 Å². The van der Waals surface area contributed by atoms with E-state index in [1.54, 1.807) is 7.11 Å². The van der Waals surface area contributed by atoms with Crippen LogP contribution in [0.2, 0.25) is 0 Å². The van der Waals surface area contributed by atoms with Crippen molar-refractivity contribution >= 4 is 5.97 Å². The number of methoxy groups -OCH3 is 1. The van der Waals surface area contributed by atoms with E-state index in [0.29, 0.717) is 6.61 Å². The maximum Gasteiger partial charge on any atom is 0.332 e. The number of rotatable bonds is 10. The Bertz CT molecular complexity index is 806. The molecule has 1 aliphatic rings. The summed E-state index contributed by atoms with van der Waals surface area (Å²) in [5.74, 6) is 0.472. The maximum absolute atomic E-state index is 12.3. The van der Waals surface area contributed by atoms with Crippen LogP contribution in [-0.2, 0) is 27.3 Å². The number of esters is 1. The predicted molar refractivity (Wildman–Crippen MR) is 109 cm³/mol. The molecular formula is C24H28O4. The van der Waals surface area contributed by atoms with Gasteiger partial charge in [0.15, 0.2) is 0 Å². The van der Waals surface area contributed by atoms with Crippen molar-refractivity contribution in [2.75, 3.05) is 13.7 Å². The Morgan fingerprint density at radius 3 is 2.29 bits per heavy atom. The number of allylic oxidation sites excluding steroid dienone is 1. The van der Waals surface area contributed by atoms with E-state index in [1.165, 1.54) is 11.1 Å². The second-order valence-electron chi connectivity index (χ2n) is 7.67. The molecule has 1 atom stereocenters. The Balaban J connectivity index is 1.47. The van der Waals surface area contributed by atoms with Crippen molar-refractivity contribution in [1.82, 2.24) is 0 Å². The highest BCUT2D eigenvalue weighted by Crippen LogP contribution is 2.47. The molecule has 2 aromatic carbocycles. The largest absolute Gasteiger partial charge is 0.497 e. The maximum atomic E-state index is 12.3. The Hall–Kier alpha value is -2.59. The van der Waals surface area contributed by atoms with Gasteiger partial charge in [0.25, 0.3) is 0 Å². The summed E-state index contributed by atoms with van der Waals surface area (Å²) in [6, 6.07) is 17.9. The van der Waals surface area contributed by atoms with E-state index in [4.69, 9.17) is 14.2 Å². The summed E-state index contributed by atoms with van der Waals surface area (Å²) in [5.41, 5.74) is 3.48. The number of ether oxygens (including phenoxy) is 3. The van der Waals surface area contributed by atoms with Gasteiger partial charge in [-0.1, -0.05) is 62.4 Å². The molecule has 0 N–H and O–H groups in total. The van der Waals surface area contributed by atoms with Crippen molar-refractivity contribution < 1.29 is 19.0 Å².